The van der Waals surface area contributed by atoms with Gasteiger partial charge in [-0.2, -0.15) is 22.8 Å². The van der Waals surface area contributed by atoms with E-state index in [1.54, 1.807) is 48.9 Å². The molecule has 0 radical (unpaired) electrons. The normalized spacial score (nSPS) is 11.8. The van der Waals surface area contributed by atoms with Gasteiger partial charge in [-0.3, -0.25) is 9.20 Å². The van der Waals surface area contributed by atoms with Gasteiger partial charge in [-0.15, -0.1) is 0 Å². The number of rotatable bonds is 4. The molecule has 0 fully saturated rings. The molecule has 5 aromatic rings. The summed E-state index contributed by atoms with van der Waals surface area (Å²) in [5.41, 5.74) is 3.49. The van der Waals surface area contributed by atoms with Gasteiger partial charge in [-0.25, -0.2) is 14.8 Å². The van der Waals surface area contributed by atoms with Crippen LogP contribution in [0.4, 0.5) is 23.7 Å². The van der Waals surface area contributed by atoms with Crippen LogP contribution < -0.4 is 16.2 Å². The lowest BCUT2D eigenvalue weighted by Gasteiger charge is -2.10. The fraction of sp³-hybridized carbons (Fsp3) is 0.136. The number of anilines is 1. The molecule has 2 amide bonds. The highest BCUT2D eigenvalue weighted by atomic mass is 32.1. The standard InChI is InChI=1S/C22H16F3N7O2S/c1-12-7-18(33)32-21(28-12)35-19(30-32)14-5-6-31-16(10-26-17(31)9-14)13-3-2-4-15(8-13)29-20(34)27-11-22(23,24)25/h2-10H,11H2,1H3,(H2,27,29,34). The first-order valence-corrected chi connectivity index (χ1v) is 11.0. The molecule has 178 valence electrons. The number of nitrogens with zero attached hydrogens (tertiary/aromatic N) is 5. The van der Waals surface area contributed by atoms with E-state index in [9.17, 15) is 22.8 Å². The Bertz CT molecular complexity index is 1640. The van der Waals surface area contributed by atoms with E-state index in [2.05, 4.69) is 20.4 Å². The zero-order valence-electron chi connectivity index (χ0n) is 18.0. The molecule has 0 bridgehead atoms. The lowest BCUT2D eigenvalue weighted by molar-refractivity contribution is -0.122. The van der Waals surface area contributed by atoms with Gasteiger partial charge >= 0.3 is 12.2 Å². The molecule has 0 aliphatic heterocycles. The first-order valence-electron chi connectivity index (χ1n) is 10.2. The van der Waals surface area contributed by atoms with Crippen molar-refractivity contribution in [3.05, 3.63) is 70.9 Å². The number of amides is 2. The second kappa shape index (κ2) is 8.51. The minimum Gasteiger partial charge on any atom is -0.329 e. The first-order chi connectivity index (χ1) is 16.7. The third-order valence-electron chi connectivity index (χ3n) is 5.00. The van der Waals surface area contributed by atoms with E-state index in [-0.39, 0.29) is 5.56 Å². The molecule has 0 saturated carbocycles. The number of aryl methyl sites for hydroxylation is 1. The second-order valence-corrected chi connectivity index (χ2v) is 8.58. The number of imidazole rings is 1. The topological polar surface area (TPSA) is 106 Å². The monoisotopic (exact) mass is 499 g/mol. The summed E-state index contributed by atoms with van der Waals surface area (Å²) in [6, 6.07) is 10.8. The van der Waals surface area contributed by atoms with Crippen molar-refractivity contribution < 1.29 is 18.0 Å². The summed E-state index contributed by atoms with van der Waals surface area (Å²) in [4.78, 5) is 33.2. The zero-order valence-corrected chi connectivity index (χ0v) is 18.8. The number of carbonyl (C=O) groups is 1. The number of carbonyl (C=O) groups excluding carboxylic acids is 1. The Morgan fingerprint density at radius 1 is 1.14 bits per heavy atom. The molecule has 0 aliphatic rings. The van der Waals surface area contributed by atoms with Crippen LogP contribution in [0.3, 0.4) is 0 Å². The van der Waals surface area contributed by atoms with Crippen molar-refractivity contribution >= 4 is 33.7 Å². The Balaban J connectivity index is 1.42. The Morgan fingerprint density at radius 2 is 1.97 bits per heavy atom. The van der Waals surface area contributed by atoms with Gasteiger partial charge in [-0.1, -0.05) is 23.5 Å². The molecule has 4 aromatic heterocycles. The van der Waals surface area contributed by atoms with Gasteiger partial charge in [-0.05, 0) is 31.2 Å². The average Bonchev–Trinajstić information content (AvgIpc) is 3.41. The molecule has 5 rings (SSSR count). The Hall–Kier alpha value is -4.26. The summed E-state index contributed by atoms with van der Waals surface area (Å²) in [5.74, 6) is 0. The minimum absolute atomic E-state index is 0.250. The van der Waals surface area contributed by atoms with Gasteiger partial charge in [0.15, 0.2) is 0 Å². The molecule has 35 heavy (non-hydrogen) atoms. The van der Waals surface area contributed by atoms with Gasteiger partial charge < -0.3 is 10.6 Å². The fourth-order valence-electron chi connectivity index (χ4n) is 3.48. The molecule has 0 unspecified atom stereocenters. The van der Waals surface area contributed by atoms with E-state index in [1.807, 2.05) is 16.5 Å². The summed E-state index contributed by atoms with van der Waals surface area (Å²) < 4.78 is 40.0. The van der Waals surface area contributed by atoms with Crippen molar-refractivity contribution in [1.82, 2.24) is 29.3 Å². The lowest BCUT2D eigenvalue weighted by Crippen LogP contribution is -2.36. The Labute approximate surface area is 198 Å². The van der Waals surface area contributed by atoms with Crippen LogP contribution in [-0.4, -0.2) is 42.7 Å². The van der Waals surface area contributed by atoms with Gasteiger partial charge in [0.05, 0.1) is 11.9 Å². The van der Waals surface area contributed by atoms with Crippen molar-refractivity contribution in [2.45, 2.75) is 13.1 Å². The first kappa shape index (κ1) is 22.5. The third kappa shape index (κ3) is 4.71. The quantitative estimate of drug-likeness (QED) is 0.387. The zero-order chi connectivity index (χ0) is 24.7. The maximum absolute atomic E-state index is 12.3. The van der Waals surface area contributed by atoms with Gasteiger partial charge in [0.1, 0.15) is 17.2 Å². The highest BCUT2D eigenvalue weighted by Crippen LogP contribution is 2.28. The highest BCUT2D eigenvalue weighted by Gasteiger charge is 2.27. The molecule has 13 heteroatoms. The lowest BCUT2D eigenvalue weighted by atomic mass is 10.1. The molecule has 0 spiro atoms. The van der Waals surface area contributed by atoms with Crippen molar-refractivity contribution in [3.63, 3.8) is 0 Å². The van der Waals surface area contributed by atoms with Gasteiger partial charge in [0.2, 0.25) is 4.96 Å². The van der Waals surface area contributed by atoms with Crippen LogP contribution in [0, 0.1) is 6.92 Å². The summed E-state index contributed by atoms with van der Waals surface area (Å²) in [5, 5.41) is 9.15. The minimum atomic E-state index is -4.49. The number of nitrogens with one attached hydrogen (secondary N) is 2. The van der Waals surface area contributed by atoms with Crippen LogP contribution in [0.2, 0.25) is 0 Å². The molecule has 4 heterocycles. The Kier molecular flexibility index (Phi) is 5.47. The third-order valence-corrected chi connectivity index (χ3v) is 5.96. The van der Waals surface area contributed by atoms with E-state index < -0.39 is 18.8 Å². The van der Waals surface area contributed by atoms with Crippen LogP contribution in [-0.2, 0) is 0 Å². The van der Waals surface area contributed by atoms with E-state index in [0.29, 0.717) is 38.3 Å². The van der Waals surface area contributed by atoms with E-state index in [0.717, 1.165) is 5.56 Å². The van der Waals surface area contributed by atoms with Crippen molar-refractivity contribution in [2.75, 3.05) is 11.9 Å². The molecular weight excluding hydrogens is 483 g/mol. The summed E-state index contributed by atoms with van der Waals surface area (Å²) in [6.45, 7) is 0.325. The fourth-order valence-corrected chi connectivity index (χ4v) is 4.42. The highest BCUT2D eigenvalue weighted by molar-refractivity contribution is 7.19. The molecule has 2 N–H and O–H groups in total. The number of halogens is 3. The molecular formula is C22H16F3N7O2S. The maximum atomic E-state index is 12.3. The number of hydrogen-bond donors (Lipinski definition) is 2. The van der Waals surface area contributed by atoms with Crippen molar-refractivity contribution in [2.24, 2.45) is 0 Å². The van der Waals surface area contributed by atoms with Gasteiger partial charge in [0, 0.05) is 34.8 Å². The Morgan fingerprint density at radius 3 is 2.77 bits per heavy atom. The number of hydrogen-bond acceptors (Lipinski definition) is 6. The number of fused-ring (bicyclic) bond motifs is 2. The van der Waals surface area contributed by atoms with E-state index >= 15 is 0 Å². The second-order valence-electron chi connectivity index (χ2n) is 7.63. The van der Waals surface area contributed by atoms with Crippen LogP contribution >= 0.6 is 11.3 Å². The molecule has 0 aliphatic carbocycles. The van der Waals surface area contributed by atoms with E-state index in [4.69, 9.17) is 0 Å². The summed E-state index contributed by atoms with van der Waals surface area (Å²) in [6.07, 6.45) is -1.04. The molecule has 0 saturated heterocycles. The largest absolute Gasteiger partial charge is 0.405 e. The number of benzene rings is 1. The maximum Gasteiger partial charge on any atom is 0.405 e. The predicted octanol–water partition coefficient (Wildman–Crippen LogP) is 4.12. The average molecular weight is 499 g/mol. The smallest absolute Gasteiger partial charge is 0.329 e. The van der Waals surface area contributed by atoms with Crippen LogP contribution in [0.1, 0.15) is 5.69 Å². The van der Waals surface area contributed by atoms with Crippen molar-refractivity contribution in [3.8, 4) is 21.8 Å². The number of alkyl halides is 3. The number of pyridine rings is 1. The summed E-state index contributed by atoms with van der Waals surface area (Å²) >= 11 is 1.29. The van der Waals surface area contributed by atoms with Crippen LogP contribution in [0.15, 0.2) is 59.7 Å². The molecule has 9 nitrogen and oxygen atoms in total. The predicted molar refractivity (Wildman–Crippen MR) is 125 cm³/mol. The van der Waals surface area contributed by atoms with E-state index in [1.165, 1.54) is 21.9 Å². The molecule has 0 atom stereocenters. The molecule has 1 aromatic carbocycles. The number of urea groups is 1. The summed E-state index contributed by atoms with van der Waals surface area (Å²) in [7, 11) is 0. The SMILES string of the molecule is Cc1cc(=O)n2nc(-c3ccn4c(-c5cccc(NC(=O)NCC(F)(F)F)c5)cnc4c3)sc2n1. The van der Waals surface area contributed by atoms with Crippen molar-refractivity contribution in [1.29, 1.82) is 0 Å². The van der Waals surface area contributed by atoms with Crippen LogP contribution in [0.5, 0.6) is 0 Å². The van der Waals surface area contributed by atoms with Crippen LogP contribution in [0.25, 0.3) is 32.4 Å². The number of aromatic nitrogens is 5. The van der Waals surface area contributed by atoms with Gasteiger partial charge in [0.25, 0.3) is 5.56 Å².